The van der Waals surface area contributed by atoms with Crippen LogP contribution in [0.1, 0.15) is 65.5 Å². The van der Waals surface area contributed by atoms with Crippen LogP contribution in [-0.4, -0.2) is 37.7 Å². The van der Waals surface area contributed by atoms with Gasteiger partial charge in [0.1, 0.15) is 5.82 Å². The first-order chi connectivity index (χ1) is 18.9. The summed E-state index contributed by atoms with van der Waals surface area (Å²) in [6, 6.07) is 16.6. The molecule has 2 N–H and O–H groups in total. The molecule has 0 saturated carbocycles. The third-order valence-electron chi connectivity index (χ3n) is 8.19. The standard InChI is InChI=1S/C32H33ClFNO4S/c1-20-16-25(34)11-13-27(20)29-19-32(37,14-15-35-29)31(22-6-9-24(33)10-7-22)28-18-23-17-26(40(2,38)39)12-8-21(23)4-3-5-30(28)36/h6-13,16-18,29,31,35,37H,3-5,14-15,19H2,1-2H3/b28-18+. The van der Waals surface area contributed by atoms with E-state index in [4.69, 9.17) is 11.6 Å². The summed E-state index contributed by atoms with van der Waals surface area (Å²) in [5, 5.41) is 16.5. The number of benzene rings is 3. The number of sulfone groups is 1. The van der Waals surface area contributed by atoms with Crippen molar-refractivity contribution >= 4 is 33.3 Å². The smallest absolute Gasteiger partial charge is 0.175 e. The lowest BCUT2D eigenvalue weighted by atomic mass is 9.68. The average molecular weight is 582 g/mol. The third-order valence-corrected chi connectivity index (χ3v) is 9.56. The lowest BCUT2D eigenvalue weighted by Gasteiger charge is -2.44. The predicted molar refractivity (Wildman–Crippen MR) is 156 cm³/mol. The van der Waals surface area contributed by atoms with Crippen LogP contribution in [0.25, 0.3) is 6.08 Å². The molecule has 3 atom stereocenters. The minimum absolute atomic E-state index is 0.0724. The number of aliphatic hydroxyl groups is 1. The van der Waals surface area contributed by atoms with Crippen LogP contribution in [0.15, 0.2) is 71.1 Å². The van der Waals surface area contributed by atoms with Gasteiger partial charge in [-0.25, -0.2) is 12.8 Å². The Kier molecular flexibility index (Phi) is 8.03. The van der Waals surface area contributed by atoms with Crippen molar-refractivity contribution in [3.63, 3.8) is 0 Å². The van der Waals surface area contributed by atoms with Crippen molar-refractivity contribution in [3.8, 4) is 0 Å². The highest BCUT2D eigenvalue weighted by Crippen LogP contribution is 2.46. The van der Waals surface area contributed by atoms with E-state index >= 15 is 0 Å². The highest BCUT2D eigenvalue weighted by Gasteiger charge is 2.45. The van der Waals surface area contributed by atoms with Crippen molar-refractivity contribution in [2.24, 2.45) is 0 Å². The van der Waals surface area contributed by atoms with Gasteiger partial charge in [-0.15, -0.1) is 0 Å². The zero-order valence-corrected chi connectivity index (χ0v) is 24.2. The minimum Gasteiger partial charge on any atom is -0.389 e. The van der Waals surface area contributed by atoms with E-state index in [1.165, 1.54) is 18.4 Å². The predicted octanol–water partition coefficient (Wildman–Crippen LogP) is 6.12. The van der Waals surface area contributed by atoms with E-state index in [-0.39, 0.29) is 22.5 Å². The lowest BCUT2D eigenvalue weighted by Crippen LogP contribution is -2.49. The van der Waals surface area contributed by atoms with Crippen LogP contribution in [0.2, 0.25) is 5.02 Å². The van der Waals surface area contributed by atoms with E-state index in [1.54, 1.807) is 36.4 Å². The molecule has 5 nitrogen and oxygen atoms in total. The summed E-state index contributed by atoms with van der Waals surface area (Å²) in [6.45, 7) is 2.35. The summed E-state index contributed by atoms with van der Waals surface area (Å²) in [5.41, 5.74) is 3.21. The highest BCUT2D eigenvalue weighted by atomic mass is 35.5. The quantitative estimate of drug-likeness (QED) is 0.379. The number of ketones is 1. The number of hydrogen-bond donors (Lipinski definition) is 2. The molecule has 1 fully saturated rings. The zero-order chi connectivity index (χ0) is 28.7. The van der Waals surface area contributed by atoms with Crippen molar-refractivity contribution in [2.75, 3.05) is 12.8 Å². The summed E-state index contributed by atoms with van der Waals surface area (Å²) >= 11 is 6.22. The van der Waals surface area contributed by atoms with Crippen LogP contribution in [0.3, 0.4) is 0 Å². The van der Waals surface area contributed by atoms with E-state index in [1.807, 2.05) is 25.1 Å². The molecule has 3 aromatic rings. The fourth-order valence-electron chi connectivity index (χ4n) is 6.18. The number of carbonyl (C=O) groups excluding carboxylic acids is 1. The van der Waals surface area contributed by atoms with Crippen LogP contribution in [0, 0.1) is 12.7 Å². The number of carbonyl (C=O) groups is 1. The number of rotatable bonds is 5. The number of fused-ring (bicyclic) bond motifs is 1. The van der Waals surface area contributed by atoms with E-state index < -0.39 is 21.4 Å². The summed E-state index contributed by atoms with van der Waals surface area (Å²) in [5.74, 6) is -1.07. The van der Waals surface area contributed by atoms with Crippen LogP contribution in [-0.2, 0) is 21.1 Å². The summed E-state index contributed by atoms with van der Waals surface area (Å²) in [6.07, 6.45) is 5.22. The second kappa shape index (κ2) is 11.2. The summed E-state index contributed by atoms with van der Waals surface area (Å²) in [7, 11) is -3.46. The van der Waals surface area contributed by atoms with Crippen molar-refractivity contribution in [3.05, 3.63) is 105 Å². The number of nitrogens with one attached hydrogen (secondary N) is 1. The van der Waals surface area contributed by atoms with Crippen molar-refractivity contribution in [1.29, 1.82) is 0 Å². The van der Waals surface area contributed by atoms with Crippen molar-refractivity contribution in [2.45, 2.75) is 61.5 Å². The van der Waals surface area contributed by atoms with Crippen LogP contribution in [0.4, 0.5) is 4.39 Å². The fraction of sp³-hybridized carbons (Fsp3) is 0.344. The Hall–Kier alpha value is -2.84. The van der Waals surface area contributed by atoms with Gasteiger partial charge in [-0.1, -0.05) is 35.9 Å². The number of halogens is 2. The second-order valence-electron chi connectivity index (χ2n) is 11.1. The maximum Gasteiger partial charge on any atom is 0.175 e. The molecule has 3 unspecified atom stereocenters. The van der Waals surface area contributed by atoms with Crippen LogP contribution >= 0.6 is 11.6 Å². The largest absolute Gasteiger partial charge is 0.389 e. The Labute approximate surface area is 240 Å². The van der Waals surface area contributed by atoms with Gasteiger partial charge in [0.05, 0.1) is 10.5 Å². The molecule has 0 bridgehead atoms. The van der Waals surface area contributed by atoms with E-state index in [0.29, 0.717) is 54.8 Å². The summed E-state index contributed by atoms with van der Waals surface area (Å²) in [4.78, 5) is 14.0. The van der Waals surface area contributed by atoms with Crippen LogP contribution < -0.4 is 5.32 Å². The Morgan fingerprint density at radius 2 is 1.82 bits per heavy atom. The van der Waals surface area contributed by atoms with Gasteiger partial charge in [0, 0.05) is 35.2 Å². The van der Waals surface area contributed by atoms with Crippen molar-refractivity contribution < 1.29 is 22.7 Å². The molecule has 2 aliphatic rings. The van der Waals surface area contributed by atoms with Gasteiger partial charge in [0.25, 0.3) is 0 Å². The van der Waals surface area contributed by atoms with Gasteiger partial charge in [-0.3, -0.25) is 4.79 Å². The molecule has 8 heteroatoms. The molecule has 0 aromatic heterocycles. The third kappa shape index (κ3) is 5.93. The summed E-state index contributed by atoms with van der Waals surface area (Å²) < 4.78 is 38.6. The molecule has 40 heavy (non-hydrogen) atoms. The van der Waals surface area contributed by atoms with Crippen LogP contribution in [0.5, 0.6) is 0 Å². The highest BCUT2D eigenvalue weighted by molar-refractivity contribution is 7.90. The maximum atomic E-state index is 13.9. The van der Waals surface area contributed by atoms with E-state index in [0.717, 1.165) is 22.3 Å². The monoisotopic (exact) mass is 581 g/mol. The molecular formula is C32H33ClFNO4S. The van der Waals surface area contributed by atoms with Gasteiger partial charge in [0.2, 0.25) is 0 Å². The second-order valence-corrected chi connectivity index (χ2v) is 13.5. The molecular weight excluding hydrogens is 549 g/mol. The lowest BCUT2D eigenvalue weighted by molar-refractivity contribution is -0.117. The SMILES string of the molecule is Cc1cc(F)ccc1C1CC(O)(C(/C2=C/c3cc(S(C)(=O)=O)ccc3CCCC2=O)c2ccc(Cl)cc2)CCN1. The molecule has 5 rings (SSSR count). The zero-order valence-electron chi connectivity index (χ0n) is 22.6. The molecule has 3 aromatic carbocycles. The van der Waals surface area contributed by atoms with Crippen molar-refractivity contribution in [1.82, 2.24) is 5.32 Å². The van der Waals surface area contributed by atoms with Gasteiger partial charge < -0.3 is 10.4 Å². The minimum atomic E-state index is -3.46. The molecule has 1 saturated heterocycles. The molecule has 210 valence electrons. The number of piperidine rings is 1. The molecule has 0 amide bonds. The van der Waals surface area contributed by atoms with Gasteiger partial charge in [-0.05, 0) is 109 Å². The Bertz CT molecular complexity index is 1580. The first-order valence-electron chi connectivity index (χ1n) is 13.5. The normalized spacial score (nSPS) is 23.9. The maximum absolute atomic E-state index is 13.9. The first-order valence-corrected chi connectivity index (χ1v) is 15.8. The van der Waals surface area contributed by atoms with Gasteiger partial charge >= 0.3 is 0 Å². The first kappa shape index (κ1) is 28.7. The molecule has 0 radical (unpaired) electrons. The topological polar surface area (TPSA) is 83.5 Å². The number of hydrogen-bond acceptors (Lipinski definition) is 5. The van der Waals surface area contributed by atoms with E-state index in [2.05, 4.69) is 5.32 Å². The Morgan fingerprint density at radius 3 is 2.52 bits per heavy atom. The average Bonchev–Trinajstić information content (AvgIpc) is 2.88. The number of aryl methyl sites for hydroxylation is 2. The Balaban J connectivity index is 1.66. The van der Waals surface area contributed by atoms with Gasteiger partial charge in [0.15, 0.2) is 15.6 Å². The Morgan fingerprint density at radius 1 is 1.07 bits per heavy atom. The molecule has 0 spiro atoms. The number of Topliss-reactive ketones (excluding diaryl/α,β-unsaturated/α-hetero) is 1. The molecule has 1 aliphatic carbocycles. The molecule has 1 heterocycles. The van der Waals surface area contributed by atoms with E-state index in [9.17, 15) is 22.7 Å². The fourth-order valence-corrected chi connectivity index (χ4v) is 6.96. The van der Waals surface area contributed by atoms with Gasteiger partial charge in [-0.2, -0.15) is 0 Å². The molecule has 1 aliphatic heterocycles.